The van der Waals surface area contributed by atoms with Crippen molar-refractivity contribution in [2.45, 2.75) is 64.8 Å². The fourth-order valence-electron chi connectivity index (χ4n) is 2.89. The van der Waals surface area contributed by atoms with Crippen LogP contribution in [-0.2, 0) is 9.59 Å². The molecule has 0 spiro atoms. The third-order valence-corrected chi connectivity index (χ3v) is 4.23. The van der Waals surface area contributed by atoms with Crippen molar-refractivity contribution in [2.24, 2.45) is 11.1 Å². The molecule has 0 heterocycles. The summed E-state index contributed by atoms with van der Waals surface area (Å²) in [6.45, 7) is 4.65. The van der Waals surface area contributed by atoms with E-state index in [-0.39, 0.29) is 23.9 Å². The summed E-state index contributed by atoms with van der Waals surface area (Å²) in [6.07, 6.45) is 6.10. The molecule has 116 valence electrons. The molecular formula is C15H28N2O3. The van der Waals surface area contributed by atoms with Gasteiger partial charge in [-0.1, -0.05) is 26.7 Å². The number of carboxylic acid groups (broad SMARTS) is 1. The number of carbonyl (C=O) groups excluding carboxylic acids is 1. The predicted molar refractivity (Wildman–Crippen MR) is 78.3 cm³/mol. The molecule has 1 aliphatic rings. The van der Waals surface area contributed by atoms with Crippen LogP contribution in [0.3, 0.4) is 0 Å². The van der Waals surface area contributed by atoms with Gasteiger partial charge in [-0.25, -0.2) is 0 Å². The van der Waals surface area contributed by atoms with E-state index in [0.29, 0.717) is 13.0 Å². The Morgan fingerprint density at radius 2 is 1.85 bits per heavy atom. The normalized spacial score (nSPS) is 16.4. The molecule has 5 heteroatoms. The molecular weight excluding hydrogens is 256 g/mol. The number of amides is 1. The first-order valence-electron chi connectivity index (χ1n) is 7.57. The molecule has 0 atom stereocenters. The van der Waals surface area contributed by atoms with Crippen LogP contribution < -0.4 is 5.73 Å². The quantitative estimate of drug-likeness (QED) is 0.714. The second-order valence-corrected chi connectivity index (χ2v) is 6.56. The standard InChI is InChI=1S/C15H28N2O3/c1-15(2,9-10-16)8-7-13(18)17(11-14(19)20)12-5-3-4-6-12/h12H,3-11,16H2,1-2H3,(H,19,20). The van der Waals surface area contributed by atoms with Crippen LogP contribution in [-0.4, -0.2) is 41.0 Å². The lowest BCUT2D eigenvalue weighted by molar-refractivity contribution is -0.146. The van der Waals surface area contributed by atoms with Gasteiger partial charge in [0.15, 0.2) is 0 Å². The van der Waals surface area contributed by atoms with E-state index in [1.165, 1.54) is 0 Å². The van der Waals surface area contributed by atoms with Crippen LogP contribution in [0, 0.1) is 5.41 Å². The van der Waals surface area contributed by atoms with Gasteiger partial charge < -0.3 is 15.7 Å². The molecule has 0 unspecified atom stereocenters. The number of hydrogen-bond acceptors (Lipinski definition) is 3. The SMILES string of the molecule is CC(C)(CCN)CCC(=O)N(CC(=O)O)C1CCCC1. The summed E-state index contributed by atoms with van der Waals surface area (Å²) in [7, 11) is 0. The van der Waals surface area contributed by atoms with Crippen LogP contribution in [0.25, 0.3) is 0 Å². The van der Waals surface area contributed by atoms with E-state index in [2.05, 4.69) is 13.8 Å². The van der Waals surface area contributed by atoms with Crippen molar-refractivity contribution < 1.29 is 14.7 Å². The molecule has 1 aliphatic carbocycles. The van der Waals surface area contributed by atoms with Crippen molar-refractivity contribution in [2.75, 3.05) is 13.1 Å². The van der Waals surface area contributed by atoms with E-state index in [4.69, 9.17) is 10.8 Å². The maximum Gasteiger partial charge on any atom is 0.323 e. The Balaban J connectivity index is 2.56. The second-order valence-electron chi connectivity index (χ2n) is 6.56. The average Bonchev–Trinajstić information content (AvgIpc) is 2.86. The average molecular weight is 284 g/mol. The zero-order valence-corrected chi connectivity index (χ0v) is 12.7. The third kappa shape index (κ3) is 5.49. The van der Waals surface area contributed by atoms with Crippen LogP contribution >= 0.6 is 0 Å². The van der Waals surface area contributed by atoms with Gasteiger partial charge in [0.25, 0.3) is 0 Å². The first-order chi connectivity index (χ1) is 9.35. The van der Waals surface area contributed by atoms with Gasteiger partial charge in [0.05, 0.1) is 0 Å². The Morgan fingerprint density at radius 3 is 2.35 bits per heavy atom. The fourth-order valence-corrected chi connectivity index (χ4v) is 2.89. The number of carbonyl (C=O) groups is 2. The summed E-state index contributed by atoms with van der Waals surface area (Å²) < 4.78 is 0. The van der Waals surface area contributed by atoms with Gasteiger partial charge in [-0.15, -0.1) is 0 Å². The summed E-state index contributed by atoms with van der Waals surface area (Å²) >= 11 is 0. The van der Waals surface area contributed by atoms with Crippen molar-refractivity contribution in [1.29, 1.82) is 0 Å². The minimum atomic E-state index is -0.925. The van der Waals surface area contributed by atoms with Crippen LogP contribution in [0.4, 0.5) is 0 Å². The number of aliphatic carboxylic acids is 1. The van der Waals surface area contributed by atoms with Crippen LogP contribution in [0.2, 0.25) is 0 Å². The molecule has 3 N–H and O–H groups in total. The lowest BCUT2D eigenvalue weighted by Gasteiger charge is -2.30. The Bertz CT molecular complexity index is 336. The molecule has 0 aromatic rings. The smallest absolute Gasteiger partial charge is 0.323 e. The van der Waals surface area contributed by atoms with E-state index in [1.807, 2.05) is 0 Å². The van der Waals surface area contributed by atoms with Crippen LogP contribution in [0.5, 0.6) is 0 Å². The molecule has 1 rings (SSSR count). The van der Waals surface area contributed by atoms with Gasteiger partial charge in [0, 0.05) is 12.5 Å². The number of nitrogens with zero attached hydrogens (tertiary/aromatic N) is 1. The summed E-state index contributed by atoms with van der Waals surface area (Å²) in [6, 6.07) is 0.122. The number of rotatable bonds is 8. The maximum atomic E-state index is 12.3. The summed E-state index contributed by atoms with van der Waals surface area (Å²) in [5.41, 5.74) is 5.61. The van der Waals surface area contributed by atoms with Crippen molar-refractivity contribution >= 4 is 11.9 Å². The van der Waals surface area contributed by atoms with Crippen LogP contribution in [0.1, 0.15) is 58.8 Å². The molecule has 1 fully saturated rings. The Hall–Kier alpha value is -1.10. The fraction of sp³-hybridized carbons (Fsp3) is 0.867. The topological polar surface area (TPSA) is 83.6 Å². The van der Waals surface area contributed by atoms with Crippen LogP contribution in [0.15, 0.2) is 0 Å². The molecule has 1 saturated carbocycles. The minimum absolute atomic E-state index is 0.0237. The molecule has 5 nitrogen and oxygen atoms in total. The van der Waals surface area contributed by atoms with E-state index >= 15 is 0 Å². The lowest BCUT2D eigenvalue weighted by atomic mass is 9.84. The van der Waals surface area contributed by atoms with Gasteiger partial charge in [0.1, 0.15) is 6.54 Å². The molecule has 0 saturated heterocycles. The van der Waals surface area contributed by atoms with E-state index in [0.717, 1.165) is 38.5 Å². The van der Waals surface area contributed by atoms with Crippen molar-refractivity contribution in [3.8, 4) is 0 Å². The highest BCUT2D eigenvalue weighted by molar-refractivity contribution is 5.81. The zero-order chi connectivity index (χ0) is 15.2. The highest BCUT2D eigenvalue weighted by atomic mass is 16.4. The first kappa shape index (κ1) is 17.0. The van der Waals surface area contributed by atoms with Crippen molar-refractivity contribution in [3.63, 3.8) is 0 Å². The molecule has 0 aliphatic heterocycles. The Morgan fingerprint density at radius 1 is 1.25 bits per heavy atom. The van der Waals surface area contributed by atoms with Crippen molar-refractivity contribution in [3.05, 3.63) is 0 Å². The van der Waals surface area contributed by atoms with E-state index < -0.39 is 5.97 Å². The Labute approximate surface area is 121 Å². The minimum Gasteiger partial charge on any atom is -0.480 e. The predicted octanol–water partition coefficient (Wildman–Crippen LogP) is 2.00. The molecule has 0 bridgehead atoms. The second kappa shape index (κ2) is 7.62. The summed E-state index contributed by atoms with van der Waals surface area (Å²) in [4.78, 5) is 24.9. The van der Waals surface area contributed by atoms with Gasteiger partial charge in [0.2, 0.25) is 5.91 Å². The van der Waals surface area contributed by atoms with E-state index in [9.17, 15) is 9.59 Å². The monoisotopic (exact) mass is 284 g/mol. The largest absolute Gasteiger partial charge is 0.480 e. The molecule has 0 radical (unpaired) electrons. The summed E-state index contributed by atoms with van der Waals surface area (Å²) in [5, 5.41) is 9.00. The molecule has 0 aromatic carbocycles. The number of hydrogen-bond donors (Lipinski definition) is 2. The lowest BCUT2D eigenvalue weighted by Crippen LogP contribution is -2.42. The molecule has 20 heavy (non-hydrogen) atoms. The van der Waals surface area contributed by atoms with Gasteiger partial charge in [-0.05, 0) is 37.6 Å². The first-order valence-corrected chi connectivity index (χ1v) is 7.57. The van der Waals surface area contributed by atoms with Gasteiger partial charge >= 0.3 is 5.97 Å². The Kier molecular flexibility index (Phi) is 6.46. The van der Waals surface area contributed by atoms with Gasteiger partial charge in [-0.2, -0.15) is 0 Å². The maximum absolute atomic E-state index is 12.3. The highest BCUT2D eigenvalue weighted by Gasteiger charge is 2.29. The van der Waals surface area contributed by atoms with E-state index in [1.54, 1.807) is 4.90 Å². The molecule has 1 amide bonds. The number of carboxylic acids is 1. The zero-order valence-electron chi connectivity index (χ0n) is 12.7. The highest BCUT2D eigenvalue weighted by Crippen LogP contribution is 2.28. The third-order valence-electron chi connectivity index (χ3n) is 4.23. The number of nitrogens with two attached hydrogens (primary N) is 1. The van der Waals surface area contributed by atoms with Crippen molar-refractivity contribution in [1.82, 2.24) is 4.90 Å². The van der Waals surface area contributed by atoms with Gasteiger partial charge in [-0.3, -0.25) is 9.59 Å². The summed E-state index contributed by atoms with van der Waals surface area (Å²) in [5.74, 6) is -0.948. The molecule has 0 aromatic heterocycles.